The van der Waals surface area contributed by atoms with Crippen molar-refractivity contribution in [2.24, 2.45) is 0 Å². The highest BCUT2D eigenvalue weighted by atomic mass is 35.5. The van der Waals surface area contributed by atoms with E-state index in [0.29, 0.717) is 24.2 Å². The van der Waals surface area contributed by atoms with Crippen molar-refractivity contribution in [1.29, 1.82) is 0 Å². The number of nitrogens with one attached hydrogen (secondary N) is 2. The van der Waals surface area contributed by atoms with E-state index in [-0.39, 0.29) is 5.28 Å². The highest BCUT2D eigenvalue weighted by molar-refractivity contribution is 6.28. The normalized spacial score (nSPS) is 12.9. The van der Waals surface area contributed by atoms with E-state index in [0.717, 1.165) is 16.9 Å². The van der Waals surface area contributed by atoms with Crippen LogP contribution in [0.3, 0.4) is 0 Å². The van der Waals surface area contributed by atoms with Gasteiger partial charge in [0.05, 0.1) is 11.0 Å². The second-order valence-electron chi connectivity index (χ2n) is 5.94. The number of aromatic amines is 1. The van der Waals surface area contributed by atoms with Crippen LogP contribution >= 0.6 is 11.6 Å². The predicted octanol–water partition coefficient (Wildman–Crippen LogP) is 2.39. The van der Waals surface area contributed by atoms with Crippen LogP contribution in [0, 0.1) is 6.92 Å². The number of hydrogen-bond donors (Lipinski definition) is 3. The molecule has 0 bridgehead atoms. The molecule has 3 N–H and O–H groups in total. The summed E-state index contributed by atoms with van der Waals surface area (Å²) in [6.45, 7) is 2.61. The summed E-state index contributed by atoms with van der Waals surface area (Å²) in [7, 11) is 0. The molecule has 4 rings (SSSR count). The molecule has 1 aromatic carbocycles. The monoisotopic (exact) mass is 356 g/mol. The maximum absolute atomic E-state index is 10.4. The summed E-state index contributed by atoms with van der Waals surface area (Å²) >= 11 is 5.96. The molecular weight excluding hydrogens is 340 g/mol. The number of fused-ring (bicyclic) bond motifs is 2. The largest absolute Gasteiger partial charge is 0.374 e. The van der Waals surface area contributed by atoms with Gasteiger partial charge in [-0.1, -0.05) is 6.07 Å². The summed E-state index contributed by atoms with van der Waals surface area (Å²) in [5, 5.41) is 21.6. The Kier molecular flexibility index (Phi) is 4.12. The van der Waals surface area contributed by atoms with Crippen molar-refractivity contribution in [3.05, 3.63) is 58.8 Å². The molecule has 25 heavy (non-hydrogen) atoms. The van der Waals surface area contributed by atoms with Gasteiger partial charge in [-0.15, -0.1) is 10.2 Å². The summed E-state index contributed by atoms with van der Waals surface area (Å²) in [6, 6.07) is 9.71. The average Bonchev–Trinajstić information content (AvgIpc) is 3.17. The summed E-state index contributed by atoms with van der Waals surface area (Å²) in [6.07, 6.45) is 1.56. The number of imidazole rings is 1. The minimum Gasteiger partial charge on any atom is -0.374 e. The molecule has 1 unspecified atom stereocenters. The van der Waals surface area contributed by atoms with Crippen LogP contribution in [-0.4, -0.2) is 36.2 Å². The lowest BCUT2D eigenvalue weighted by molar-refractivity contribution is 0.140. The van der Waals surface area contributed by atoms with Gasteiger partial charge in [0, 0.05) is 24.7 Å². The third-order valence-electron chi connectivity index (χ3n) is 4.10. The fourth-order valence-corrected chi connectivity index (χ4v) is 3.03. The van der Waals surface area contributed by atoms with Crippen molar-refractivity contribution in [3.8, 4) is 0 Å². The van der Waals surface area contributed by atoms with E-state index in [9.17, 15) is 5.11 Å². The maximum atomic E-state index is 10.4. The van der Waals surface area contributed by atoms with Gasteiger partial charge < -0.3 is 10.1 Å². The quantitative estimate of drug-likeness (QED) is 0.478. The number of aliphatic hydroxyl groups excluding tert-OH is 1. The molecule has 128 valence electrons. The molecule has 0 amide bonds. The molecular formula is C17H17ClN6O. The number of hydrogen-bond acceptors (Lipinski definition) is 5. The zero-order valence-electron chi connectivity index (χ0n) is 13.6. The van der Waals surface area contributed by atoms with Gasteiger partial charge in [-0.25, -0.2) is 4.98 Å². The van der Waals surface area contributed by atoms with Crippen LogP contribution in [0.5, 0.6) is 0 Å². The number of pyridine rings is 1. The molecule has 3 aromatic heterocycles. The minimum absolute atomic E-state index is 0.265. The van der Waals surface area contributed by atoms with Crippen molar-refractivity contribution in [1.82, 2.24) is 29.9 Å². The molecule has 0 saturated heterocycles. The van der Waals surface area contributed by atoms with Gasteiger partial charge >= 0.3 is 0 Å². The number of aromatic nitrogens is 5. The Labute approximate surface area is 148 Å². The van der Waals surface area contributed by atoms with Gasteiger partial charge in [-0.2, -0.15) is 0 Å². The maximum Gasteiger partial charge on any atom is 0.229 e. The first kappa shape index (κ1) is 16.0. The first-order valence-corrected chi connectivity index (χ1v) is 8.35. The molecule has 0 aliphatic rings. The second-order valence-corrected chi connectivity index (χ2v) is 6.27. The Morgan fingerprint density at radius 2 is 2.20 bits per heavy atom. The summed E-state index contributed by atoms with van der Waals surface area (Å²) in [4.78, 5) is 7.86. The molecule has 8 heteroatoms. The van der Waals surface area contributed by atoms with Crippen LogP contribution in [0.4, 0.5) is 0 Å². The summed E-state index contributed by atoms with van der Waals surface area (Å²) in [5.74, 6) is 0.879. The van der Waals surface area contributed by atoms with Gasteiger partial charge in [0.25, 0.3) is 0 Å². The van der Waals surface area contributed by atoms with Gasteiger partial charge in [-0.05, 0) is 48.4 Å². The fraction of sp³-hybridized carbons (Fsp3) is 0.235. The standard InChI is InChI=1S/C17H17ClN6O/c1-10-4-5-12-13(9-10)21-14(20-12)6-7-19-16(25)11-3-2-8-24-15(11)22-23-17(24)18/h2-5,8-9,16,19,25H,6-7H2,1H3,(H,20,21). The zero-order chi connectivity index (χ0) is 17.4. The number of aliphatic hydroxyl groups is 1. The number of aryl methyl sites for hydroxylation is 1. The summed E-state index contributed by atoms with van der Waals surface area (Å²) in [5.41, 5.74) is 4.33. The van der Waals surface area contributed by atoms with Gasteiger partial charge in [0.1, 0.15) is 12.1 Å². The van der Waals surface area contributed by atoms with Crippen molar-refractivity contribution in [2.45, 2.75) is 19.6 Å². The van der Waals surface area contributed by atoms with Crippen molar-refractivity contribution < 1.29 is 5.11 Å². The van der Waals surface area contributed by atoms with Gasteiger partial charge in [0.15, 0.2) is 5.65 Å². The van der Waals surface area contributed by atoms with Gasteiger partial charge in [-0.3, -0.25) is 9.72 Å². The SMILES string of the molecule is Cc1ccc2nc(CCNC(O)c3cccn4c(Cl)nnc34)[nH]c2c1. The zero-order valence-corrected chi connectivity index (χ0v) is 14.3. The van der Waals surface area contributed by atoms with Crippen LogP contribution in [0.25, 0.3) is 16.7 Å². The van der Waals surface area contributed by atoms with Crippen molar-refractivity contribution in [3.63, 3.8) is 0 Å². The fourth-order valence-electron chi connectivity index (χ4n) is 2.85. The second kappa shape index (κ2) is 6.44. The Balaban J connectivity index is 1.45. The molecule has 0 aliphatic carbocycles. The van der Waals surface area contributed by atoms with E-state index in [1.54, 1.807) is 22.7 Å². The number of nitrogens with zero attached hydrogens (tertiary/aromatic N) is 4. The lowest BCUT2D eigenvalue weighted by Crippen LogP contribution is -2.24. The first-order chi connectivity index (χ1) is 12.1. The van der Waals surface area contributed by atoms with Crippen molar-refractivity contribution in [2.75, 3.05) is 6.54 Å². The number of halogens is 1. The molecule has 0 aliphatic heterocycles. The van der Waals surface area contributed by atoms with E-state index in [2.05, 4.69) is 38.5 Å². The highest BCUT2D eigenvalue weighted by Gasteiger charge is 2.14. The number of H-pyrrole nitrogens is 1. The van der Waals surface area contributed by atoms with Crippen LogP contribution < -0.4 is 5.32 Å². The third kappa shape index (κ3) is 3.09. The van der Waals surface area contributed by atoms with E-state index in [1.807, 2.05) is 12.1 Å². The third-order valence-corrected chi connectivity index (χ3v) is 4.36. The molecule has 0 saturated carbocycles. The Morgan fingerprint density at radius 1 is 1.32 bits per heavy atom. The topological polar surface area (TPSA) is 91.1 Å². The molecule has 7 nitrogen and oxygen atoms in total. The van der Waals surface area contributed by atoms with Gasteiger partial charge in [0.2, 0.25) is 5.28 Å². The number of benzene rings is 1. The Morgan fingerprint density at radius 3 is 3.08 bits per heavy atom. The lowest BCUT2D eigenvalue weighted by atomic mass is 10.2. The molecule has 4 aromatic rings. The average molecular weight is 357 g/mol. The van der Waals surface area contributed by atoms with Crippen LogP contribution in [-0.2, 0) is 6.42 Å². The molecule has 1 atom stereocenters. The predicted molar refractivity (Wildman–Crippen MR) is 95.5 cm³/mol. The Bertz CT molecular complexity index is 1040. The molecule has 3 heterocycles. The van der Waals surface area contributed by atoms with E-state index >= 15 is 0 Å². The van der Waals surface area contributed by atoms with Crippen LogP contribution in [0.15, 0.2) is 36.5 Å². The lowest BCUT2D eigenvalue weighted by Gasteiger charge is -2.13. The van der Waals surface area contributed by atoms with Crippen LogP contribution in [0.2, 0.25) is 5.28 Å². The molecule has 0 fully saturated rings. The number of rotatable bonds is 5. The minimum atomic E-state index is -0.865. The molecule has 0 spiro atoms. The highest BCUT2D eigenvalue weighted by Crippen LogP contribution is 2.18. The summed E-state index contributed by atoms with van der Waals surface area (Å²) < 4.78 is 1.63. The van der Waals surface area contributed by atoms with E-state index < -0.39 is 6.23 Å². The smallest absolute Gasteiger partial charge is 0.229 e. The van der Waals surface area contributed by atoms with Crippen LogP contribution in [0.1, 0.15) is 23.2 Å². The van der Waals surface area contributed by atoms with E-state index in [4.69, 9.17) is 11.6 Å². The molecule has 0 radical (unpaired) electrons. The van der Waals surface area contributed by atoms with E-state index in [1.165, 1.54) is 5.56 Å². The Hall–Kier alpha value is -2.48. The first-order valence-electron chi connectivity index (χ1n) is 7.97. The van der Waals surface area contributed by atoms with Crippen molar-refractivity contribution >= 4 is 28.3 Å².